The summed E-state index contributed by atoms with van der Waals surface area (Å²) in [4.78, 5) is 22.5. The van der Waals surface area contributed by atoms with Gasteiger partial charge in [0.2, 0.25) is 5.91 Å². The first kappa shape index (κ1) is 18.6. The molecule has 2 rings (SSSR count). The van der Waals surface area contributed by atoms with E-state index in [1.54, 1.807) is 13.0 Å². The summed E-state index contributed by atoms with van der Waals surface area (Å²) in [5.74, 6) is -0.249. The van der Waals surface area contributed by atoms with Crippen molar-refractivity contribution in [2.75, 3.05) is 18.5 Å². The summed E-state index contributed by atoms with van der Waals surface area (Å²) >= 11 is 0. The first-order valence-corrected chi connectivity index (χ1v) is 7.96. The number of nitro benzene ring substituents is 1. The molecule has 0 aliphatic rings. The number of carbonyl (C=O) groups excluding carboxylic acids is 1. The van der Waals surface area contributed by atoms with Gasteiger partial charge in [-0.05, 0) is 18.6 Å². The fourth-order valence-electron chi connectivity index (χ4n) is 2.50. The molecule has 0 aliphatic carbocycles. The third-order valence-electron chi connectivity index (χ3n) is 3.90. The molecule has 25 heavy (non-hydrogen) atoms. The number of aliphatic hydroxyl groups is 1. The van der Waals surface area contributed by atoms with E-state index in [0.29, 0.717) is 17.8 Å². The molecule has 0 bridgehead atoms. The summed E-state index contributed by atoms with van der Waals surface area (Å²) < 4.78 is 0. The van der Waals surface area contributed by atoms with E-state index in [1.807, 2.05) is 30.3 Å². The normalized spacial score (nSPS) is 11.8. The molecule has 7 nitrogen and oxygen atoms in total. The topological polar surface area (TPSA) is 104 Å². The number of anilines is 1. The van der Waals surface area contributed by atoms with Gasteiger partial charge in [0.1, 0.15) is 0 Å². The number of nitro groups is 1. The van der Waals surface area contributed by atoms with E-state index in [0.717, 1.165) is 5.56 Å². The first-order valence-electron chi connectivity index (χ1n) is 7.96. The zero-order chi connectivity index (χ0) is 18.2. The van der Waals surface area contributed by atoms with Crippen LogP contribution in [0.3, 0.4) is 0 Å². The Morgan fingerprint density at radius 3 is 2.56 bits per heavy atom. The Bertz CT molecular complexity index is 734. The van der Waals surface area contributed by atoms with Crippen molar-refractivity contribution < 1.29 is 14.8 Å². The highest BCUT2D eigenvalue weighted by molar-refractivity contribution is 5.92. The third kappa shape index (κ3) is 5.10. The maximum Gasteiger partial charge on any atom is 0.274 e. The molecule has 132 valence electrons. The van der Waals surface area contributed by atoms with Crippen LogP contribution in [0.4, 0.5) is 11.4 Å². The summed E-state index contributed by atoms with van der Waals surface area (Å²) in [5, 5.41) is 26.2. The van der Waals surface area contributed by atoms with Crippen LogP contribution in [-0.2, 0) is 4.79 Å². The number of benzene rings is 2. The van der Waals surface area contributed by atoms with E-state index in [4.69, 9.17) is 0 Å². The number of nitrogens with one attached hydrogen (secondary N) is 2. The van der Waals surface area contributed by atoms with Gasteiger partial charge in [0, 0.05) is 19.0 Å². The zero-order valence-corrected chi connectivity index (χ0v) is 13.9. The largest absolute Gasteiger partial charge is 0.394 e. The van der Waals surface area contributed by atoms with Crippen molar-refractivity contribution in [1.82, 2.24) is 5.32 Å². The molecule has 7 heteroatoms. The maximum absolute atomic E-state index is 12.1. The molecule has 2 aromatic rings. The van der Waals surface area contributed by atoms with Crippen LogP contribution in [0.15, 0.2) is 48.5 Å². The summed E-state index contributed by atoms with van der Waals surface area (Å²) in [6, 6.07) is 13.8. The van der Waals surface area contributed by atoms with E-state index in [2.05, 4.69) is 10.6 Å². The minimum absolute atomic E-state index is 0.0275. The zero-order valence-electron chi connectivity index (χ0n) is 13.9. The highest BCUT2D eigenvalue weighted by Gasteiger charge is 2.15. The standard InChI is InChI=1S/C18H21N3O4/c1-13-15(8-5-9-17(13)21(24)25)20-18(23)10-11-19-16(12-22)14-6-3-2-4-7-14/h2-9,16,19,22H,10-12H2,1H3,(H,20,23). The molecule has 0 radical (unpaired) electrons. The van der Waals surface area contributed by atoms with Crippen LogP contribution in [0.25, 0.3) is 0 Å². The number of aliphatic hydroxyl groups excluding tert-OH is 1. The molecule has 0 aliphatic heterocycles. The predicted octanol–water partition coefficient (Wildman–Crippen LogP) is 2.56. The monoisotopic (exact) mass is 343 g/mol. The number of hydrogen-bond donors (Lipinski definition) is 3. The number of amides is 1. The molecule has 1 atom stereocenters. The Morgan fingerprint density at radius 1 is 1.20 bits per heavy atom. The highest BCUT2D eigenvalue weighted by atomic mass is 16.6. The lowest BCUT2D eigenvalue weighted by molar-refractivity contribution is -0.385. The van der Waals surface area contributed by atoms with Gasteiger partial charge in [-0.15, -0.1) is 0 Å². The minimum Gasteiger partial charge on any atom is -0.394 e. The molecule has 0 aromatic heterocycles. The lowest BCUT2D eigenvalue weighted by Gasteiger charge is -2.16. The van der Waals surface area contributed by atoms with Crippen molar-refractivity contribution in [3.05, 3.63) is 69.8 Å². The Hall–Kier alpha value is -2.77. The Morgan fingerprint density at radius 2 is 1.92 bits per heavy atom. The SMILES string of the molecule is Cc1c(NC(=O)CCNC(CO)c2ccccc2)cccc1[N+](=O)[O-]. The molecule has 3 N–H and O–H groups in total. The van der Waals surface area contributed by atoms with Gasteiger partial charge < -0.3 is 15.7 Å². The quantitative estimate of drug-likeness (QED) is 0.505. The Balaban J connectivity index is 1.89. The average molecular weight is 343 g/mol. The molecule has 0 spiro atoms. The number of hydrogen-bond acceptors (Lipinski definition) is 5. The third-order valence-corrected chi connectivity index (χ3v) is 3.90. The second-order valence-electron chi connectivity index (χ2n) is 5.60. The van der Waals surface area contributed by atoms with E-state index in [-0.39, 0.29) is 30.7 Å². The van der Waals surface area contributed by atoms with E-state index in [1.165, 1.54) is 12.1 Å². The van der Waals surface area contributed by atoms with E-state index >= 15 is 0 Å². The average Bonchev–Trinajstić information content (AvgIpc) is 2.61. The lowest BCUT2D eigenvalue weighted by atomic mass is 10.1. The summed E-state index contributed by atoms with van der Waals surface area (Å²) in [7, 11) is 0. The van der Waals surface area contributed by atoms with Crippen LogP contribution in [-0.4, -0.2) is 29.1 Å². The second kappa shape index (κ2) is 8.91. The maximum atomic E-state index is 12.1. The molecular weight excluding hydrogens is 322 g/mol. The highest BCUT2D eigenvalue weighted by Crippen LogP contribution is 2.25. The number of nitrogens with zero attached hydrogens (tertiary/aromatic N) is 1. The summed E-state index contributed by atoms with van der Waals surface area (Å²) in [6.07, 6.45) is 0.186. The molecule has 0 heterocycles. The van der Waals surface area contributed by atoms with Crippen molar-refractivity contribution in [3.63, 3.8) is 0 Å². The number of carbonyl (C=O) groups is 1. The van der Waals surface area contributed by atoms with Crippen molar-refractivity contribution in [1.29, 1.82) is 0 Å². The van der Waals surface area contributed by atoms with Crippen LogP contribution >= 0.6 is 0 Å². The van der Waals surface area contributed by atoms with Gasteiger partial charge in [0.25, 0.3) is 5.69 Å². The van der Waals surface area contributed by atoms with Crippen LogP contribution in [0.1, 0.15) is 23.6 Å². The lowest BCUT2D eigenvalue weighted by Crippen LogP contribution is -2.28. The van der Waals surface area contributed by atoms with Gasteiger partial charge in [-0.1, -0.05) is 36.4 Å². The molecule has 1 amide bonds. The van der Waals surface area contributed by atoms with Gasteiger partial charge in [0.05, 0.1) is 28.8 Å². The van der Waals surface area contributed by atoms with Crippen LogP contribution in [0, 0.1) is 17.0 Å². The van der Waals surface area contributed by atoms with E-state index in [9.17, 15) is 20.0 Å². The molecule has 2 aromatic carbocycles. The van der Waals surface area contributed by atoms with Crippen molar-refractivity contribution >= 4 is 17.3 Å². The molecule has 0 saturated heterocycles. The predicted molar refractivity (Wildman–Crippen MR) is 95.4 cm³/mol. The molecular formula is C18H21N3O4. The number of rotatable bonds is 8. The molecule has 1 unspecified atom stereocenters. The fourth-order valence-corrected chi connectivity index (χ4v) is 2.50. The minimum atomic E-state index is -0.474. The Labute approximate surface area is 145 Å². The van der Waals surface area contributed by atoms with E-state index < -0.39 is 4.92 Å². The summed E-state index contributed by atoms with van der Waals surface area (Å²) in [6.45, 7) is 1.90. The van der Waals surface area contributed by atoms with Gasteiger partial charge in [-0.25, -0.2) is 0 Å². The fraction of sp³-hybridized carbons (Fsp3) is 0.278. The van der Waals surface area contributed by atoms with Gasteiger partial charge in [-0.2, -0.15) is 0 Å². The van der Waals surface area contributed by atoms with Crippen molar-refractivity contribution in [3.8, 4) is 0 Å². The smallest absolute Gasteiger partial charge is 0.274 e. The second-order valence-corrected chi connectivity index (χ2v) is 5.60. The van der Waals surface area contributed by atoms with Crippen LogP contribution in [0.5, 0.6) is 0 Å². The van der Waals surface area contributed by atoms with Gasteiger partial charge in [-0.3, -0.25) is 14.9 Å². The van der Waals surface area contributed by atoms with Crippen molar-refractivity contribution in [2.24, 2.45) is 0 Å². The van der Waals surface area contributed by atoms with Crippen LogP contribution in [0.2, 0.25) is 0 Å². The van der Waals surface area contributed by atoms with Crippen molar-refractivity contribution in [2.45, 2.75) is 19.4 Å². The van der Waals surface area contributed by atoms with Gasteiger partial charge in [0.15, 0.2) is 0 Å². The first-order chi connectivity index (χ1) is 12.0. The molecule has 0 saturated carbocycles. The Kier molecular flexibility index (Phi) is 6.62. The van der Waals surface area contributed by atoms with Crippen LogP contribution < -0.4 is 10.6 Å². The van der Waals surface area contributed by atoms with Gasteiger partial charge >= 0.3 is 0 Å². The molecule has 0 fully saturated rings. The summed E-state index contributed by atoms with van der Waals surface area (Å²) in [5.41, 5.74) is 1.77.